The number of hydrogen-bond donors (Lipinski definition) is 1. The van der Waals surface area contributed by atoms with Gasteiger partial charge in [-0.2, -0.15) is 13.2 Å². The van der Waals surface area contributed by atoms with Crippen LogP contribution in [0.1, 0.15) is 23.2 Å². The van der Waals surface area contributed by atoms with E-state index in [9.17, 15) is 26.7 Å². The summed E-state index contributed by atoms with van der Waals surface area (Å²) < 4.78 is 63.9. The molecule has 1 aliphatic carbocycles. The van der Waals surface area contributed by atoms with Gasteiger partial charge in [0.2, 0.25) is 0 Å². The molecule has 0 aromatic heterocycles. The largest absolute Gasteiger partial charge is 0.406 e. The summed E-state index contributed by atoms with van der Waals surface area (Å²) in [4.78, 5) is 12.5. The second kappa shape index (κ2) is 4.92. The highest BCUT2D eigenvalue weighted by Crippen LogP contribution is 2.32. The van der Waals surface area contributed by atoms with Crippen LogP contribution in [0.25, 0.3) is 0 Å². The van der Waals surface area contributed by atoms with Crippen molar-refractivity contribution in [3.8, 4) is 0 Å². The maximum Gasteiger partial charge on any atom is 0.406 e. The van der Waals surface area contributed by atoms with E-state index in [0.29, 0.717) is 23.8 Å². The van der Waals surface area contributed by atoms with E-state index in [0.717, 1.165) is 6.07 Å². The summed E-state index contributed by atoms with van der Waals surface area (Å²) >= 11 is 0. The van der Waals surface area contributed by atoms with Crippen LogP contribution in [0.5, 0.6) is 0 Å². The third kappa shape index (κ3) is 3.17. The molecule has 1 aromatic rings. The zero-order valence-corrected chi connectivity index (χ0v) is 10.2. The second-order valence-corrected chi connectivity index (χ2v) is 4.63. The van der Waals surface area contributed by atoms with Gasteiger partial charge in [-0.25, -0.2) is 8.78 Å². The molecule has 0 saturated heterocycles. The van der Waals surface area contributed by atoms with Crippen LogP contribution >= 0.6 is 0 Å². The molecule has 0 unspecified atom stereocenters. The van der Waals surface area contributed by atoms with Crippen LogP contribution < -0.4 is 5.73 Å². The lowest BCUT2D eigenvalue weighted by atomic mass is 10.1. The van der Waals surface area contributed by atoms with E-state index in [1.165, 1.54) is 0 Å². The molecule has 20 heavy (non-hydrogen) atoms. The van der Waals surface area contributed by atoms with E-state index in [4.69, 9.17) is 5.73 Å². The lowest BCUT2D eigenvalue weighted by molar-refractivity contribution is -0.141. The molecule has 2 N–H and O–H groups in total. The lowest BCUT2D eigenvalue weighted by Gasteiger charge is -2.24. The van der Waals surface area contributed by atoms with Crippen LogP contribution in [-0.2, 0) is 0 Å². The monoisotopic (exact) mass is 294 g/mol. The van der Waals surface area contributed by atoms with Crippen molar-refractivity contribution in [1.82, 2.24) is 4.90 Å². The van der Waals surface area contributed by atoms with Gasteiger partial charge in [0.1, 0.15) is 18.2 Å². The third-order valence-corrected chi connectivity index (χ3v) is 2.91. The number of nitrogens with two attached hydrogens (primary N) is 1. The first-order valence-corrected chi connectivity index (χ1v) is 5.81. The molecule has 1 aromatic carbocycles. The zero-order chi connectivity index (χ0) is 15.1. The standard InChI is InChI=1S/C12H11F5N2O/c13-8-4-9(14)10(18)3-7(8)11(20)19(6-1-2-6)5-12(15,16)17/h3-4,6H,1-2,5,18H2. The smallest absolute Gasteiger partial charge is 0.396 e. The number of anilines is 1. The Labute approximate surface area is 111 Å². The molecule has 2 rings (SSSR count). The number of hydrogen-bond acceptors (Lipinski definition) is 2. The maximum atomic E-state index is 13.5. The molecule has 0 atom stereocenters. The molecule has 1 fully saturated rings. The Balaban J connectivity index is 2.30. The molecule has 0 heterocycles. The predicted molar refractivity (Wildman–Crippen MR) is 60.9 cm³/mol. The van der Waals surface area contributed by atoms with Crippen molar-refractivity contribution in [3.63, 3.8) is 0 Å². The van der Waals surface area contributed by atoms with Crippen LogP contribution in [0.3, 0.4) is 0 Å². The summed E-state index contributed by atoms with van der Waals surface area (Å²) in [5.74, 6) is -3.42. The van der Waals surface area contributed by atoms with Crippen molar-refractivity contribution in [2.75, 3.05) is 12.3 Å². The molecule has 0 radical (unpaired) electrons. The van der Waals surface area contributed by atoms with Gasteiger partial charge in [0.15, 0.2) is 0 Å². The van der Waals surface area contributed by atoms with Crippen LogP contribution in [-0.4, -0.2) is 29.6 Å². The van der Waals surface area contributed by atoms with Gasteiger partial charge in [-0.05, 0) is 18.9 Å². The first-order valence-electron chi connectivity index (χ1n) is 5.81. The average molecular weight is 294 g/mol. The van der Waals surface area contributed by atoms with Crippen LogP contribution in [0.4, 0.5) is 27.6 Å². The summed E-state index contributed by atoms with van der Waals surface area (Å²) in [7, 11) is 0. The second-order valence-electron chi connectivity index (χ2n) is 4.63. The van der Waals surface area contributed by atoms with Gasteiger partial charge in [0, 0.05) is 12.1 Å². The van der Waals surface area contributed by atoms with Gasteiger partial charge in [-0.15, -0.1) is 0 Å². The predicted octanol–water partition coefficient (Wildman–Crippen LogP) is 2.71. The first-order chi connectivity index (χ1) is 9.19. The molecule has 8 heteroatoms. The zero-order valence-electron chi connectivity index (χ0n) is 10.2. The normalized spacial score (nSPS) is 15.2. The topological polar surface area (TPSA) is 46.3 Å². The fourth-order valence-electron chi connectivity index (χ4n) is 1.83. The van der Waals surface area contributed by atoms with Crippen molar-refractivity contribution < 1.29 is 26.7 Å². The van der Waals surface area contributed by atoms with Crippen molar-refractivity contribution in [3.05, 3.63) is 29.3 Å². The number of halogens is 5. The number of rotatable bonds is 3. The Kier molecular flexibility index (Phi) is 3.58. The molecule has 0 aliphatic heterocycles. The third-order valence-electron chi connectivity index (χ3n) is 2.91. The quantitative estimate of drug-likeness (QED) is 0.688. The van der Waals surface area contributed by atoms with Gasteiger partial charge in [-0.1, -0.05) is 0 Å². The Bertz CT molecular complexity index is 539. The Hall–Kier alpha value is -1.86. The van der Waals surface area contributed by atoms with E-state index in [1.54, 1.807) is 0 Å². The first kappa shape index (κ1) is 14.5. The molecule has 1 aliphatic rings. The van der Waals surface area contributed by atoms with Crippen molar-refractivity contribution in [2.45, 2.75) is 25.1 Å². The van der Waals surface area contributed by atoms with Gasteiger partial charge in [0.25, 0.3) is 5.91 Å². The van der Waals surface area contributed by atoms with E-state index in [-0.39, 0.29) is 0 Å². The summed E-state index contributed by atoms with van der Waals surface area (Å²) in [5.41, 5.74) is 4.07. The molecule has 3 nitrogen and oxygen atoms in total. The average Bonchev–Trinajstić information content (AvgIpc) is 3.13. The highest BCUT2D eigenvalue weighted by molar-refractivity contribution is 5.95. The Morgan fingerprint density at radius 3 is 2.35 bits per heavy atom. The molecule has 1 saturated carbocycles. The van der Waals surface area contributed by atoms with E-state index >= 15 is 0 Å². The van der Waals surface area contributed by atoms with Gasteiger partial charge in [0.05, 0.1) is 11.3 Å². The molecule has 0 spiro atoms. The number of carbonyl (C=O) groups is 1. The minimum Gasteiger partial charge on any atom is -0.396 e. The number of nitrogen functional groups attached to an aromatic ring is 1. The summed E-state index contributed by atoms with van der Waals surface area (Å²) in [5, 5.41) is 0. The summed E-state index contributed by atoms with van der Waals surface area (Å²) in [6.07, 6.45) is -3.72. The van der Waals surface area contributed by atoms with Crippen LogP contribution in [0.2, 0.25) is 0 Å². The van der Waals surface area contributed by atoms with E-state index in [1.807, 2.05) is 0 Å². The maximum absolute atomic E-state index is 13.5. The van der Waals surface area contributed by atoms with Crippen molar-refractivity contribution in [2.24, 2.45) is 0 Å². The van der Waals surface area contributed by atoms with E-state index < -0.39 is 47.6 Å². The van der Waals surface area contributed by atoms with Gasteiger partial charge < -0.3 is 10.6 Å². The summed E-state index contributed by atoms with van der Waals surface area (Å²) in [6, 6.07) is 0.551. The SMILES string of the molecule is Nc1cc(C(=O)N(CC(F)(F)F)C2CC2)c(F)cc1F. The number of carbonyl (C=O) groups excluding carboxylic acids is 1. The van der Waals surface area contributed by atoms with Crippen molar-refractivity contribution in [1.29, 1.82) is 0 Å². The number of amides is 1. The number of benzene rings is 1. The number of nitrogens with zero attached hydrogens (tertiary/aromatic N) is 1. The molecule has 1 amide bonds. The molecular weight excluding hydrogens is 283 g/mol. The highest BCUT2D eigenvalue weighted by Gasteiger charge is 2.41. The van der Waals surface area contributed by atoms with Crippen molar-refractivity contribution >= 4 is 11.6 Å². The summed E-state index contributed by atoms with van der Waals surface area (Å²) in [6.45, 7) is -1.47. The van der Waals surface area contributed by atoms with Gasteiger partial charge >= 0.3 is 6.18 Å². The Morgan fingerprint density at radius 1 is 1.25 bits per heavy atom. The van der Waals surface area contributed by atoms with Crippen LogP contribution in [0, 0.1) is 11.6 Å². The lowest BCUT2D eigenvalue weighted by Crippen LogP contribution is -2.40. The minimum absolute atomic E-state index is 0.390. The van der Waals surface area contributed by atoms with E-state index in [2.05, 4.69) is 0 Å². The fourth-order valence-corrected chi connectivity index (χ4v) is 1.83. The van der Waals surface area contributed by atoms with Crippen LogP contribution in [0.15, 0.2) is 12.1 Å². The Morgan fingerprint density at radius 2 is 1.85 bits per heavy atom. The number of alkyl halides is 3. The van der Waals surface area contributed by atoms with Gasteiger partial charge in [-0.3, -0.25) is 4.79 Å². The molecule has 110 valence electrons. The molecule has 0 bridgehead atoms. The minimum atomic E-state index is -4.58. The highest BCUT2D eigenvalue weighted by atomic mass is 19.4. The fraction of sp³-hybridized carbons (Fsp3) is 0.417. The molecular formula is C12H11F5N2O.